The van der Waals surface area contributed by atoms with Gasteiger partial charge in [0, 0.05) is 5.56 Å². The van der Waals surface area contributed by atoms with Gasteiger partial charge < -0.3 is 15.2 Å². The van der Waals surface area contributed by atoms with Crippen molar-refractivity contribution in [2.75, 3.05) is 20.8 Å². The third-order valence-electron chi connectivity index (χ3n) is 3.40. The van der Waals surface area contributed by atoms with E-state index in [0.29, 0.717) is 17.9 Å². The Labute approximate surface area is 124 Å². The largest absolute Gasteiger partial charge is 0.496 e. The van der Waals surface area contributed by atoms with E-state index in [-0.39, 0.29) is 5.82 Å². The van der Waals surface area contributed by atoms with Gasteiger partial charge in [0.15, 0.2) is 0 Å². The van der Waals surface area contributed by atoms with Gasteiger partial charge in [0.2, 0.25) is 0 Å². The van der Waals surface area contributed by atoms with Crippen molar-refractivity contribution in [2.45, 2.75) is 12.8 Å². The molecule has 0 radical (unpaired) electrons. The van der Waals surface area contributed by atoms with Crippen molar-refractivity contribution in [1.82, 2.24) is 0 Å². The molecule has 0 bridgehead atoms. The molecule has 3 nitrogen and oxygen atoms in total. The monoisotopic (exact) mass is 289 g/mol. The zero-order valence-corrected chi connectivity index (χ0v) is 12.4. The van der Waals surface area contributed by atoms with E-state index in [4.69, 9.17) is 9.47 Å². The lowest BCUT2D eigenvalue weighted by atomic mass is 9.96. The first-order valence-corrected chi connectivity index (χ1v) is 6.96. The number of halogens is 1. The predicted octanol–water partition coefficient (Wildman–Crippen LogP) is 3.40. The van der Waals surface area contributed by atoms with Crippen LogP contribution < -0.4 is 15.2 Å². The van der Waals surface area contributed by atoms with Crippen LogP contribution in [0.5, 0.6) is 11.5 Å². The molecular weight excluding hydrogens is 269 g/mol. The first kappa shape index (κ1) is 15.3. The lowest BCUT2D eigenvalue weighted by Gasteiger charge is -2.21. The topological polar surface area (TPSA) is 44.5 Å². The second-order valence-corrected chi connectivity index (χ2v) is 4.56. The number of para-hydroxylation sites is 1. The summed E-state index contributed by atoms with van der Waals surface area (Å²) >= 11 is 0. The van der Waals surface area contributed by atoms with Crippen molar-refractivity contribution < 1.29 is 13.9 Å². The van der Waals surface area contributed by atoms with Crippen LogP contribution in [0.3, 0.4) is 0 Å². The van der Waals surface area contributed by atoms with Gasteiger partial charge in [0.25, 0.3) is 0 Å². The maximum Gasteiger partial charge on any atom is 0.134 e. The van der Waals surface area contributed by atoms with Crippen molar-refractivity contribution in [3.8, 4) is 22.6 Å². The molecule has 3 rings (SSSR count). The molecule has 0 unspecified atom stereocenters. The molecule has 1 aliphatic rings. The van der Waals surface area contributed by atoms with Crippen LogP contribution in [0.25, 0.3) is 11.1 Å². The highest BCUT2D eigenvalue weighted by Crippen LogP contribution is 2.41. The van der Waals surface area contributed by atoms with Gasteiger partial charge in [-0.1, -0.05) is 24.3 Å². The number of hydrogen-bond donors (Lipinski definition) is 1. The van der Waals surface area contributed by atoms with Gasteiger partial charge in [-0.15, -0.1) is 0 Å². The number of benzene rings is 2. The number of fused-ring (bicyclic) bond motifs is 1. The van der Waals surface area contributed by atoms with E-state index < -0.39 is 0 Å². The molecule has 0 atom stereocenters. The van der Waals surface area contributed by atoms with Gasteiger partial charge in [-0.2, -0.15) is 0 Å². The summed E-state index contributed by atoms with van der Waals surface area (Å²) in [5.41, 5.74) is 6.88. The zero-order chi connectivity index (χ0) is 15.2. The van der Waals surface area contributed by atoms with E-state index in [0.717, 1.165) is 29.7 Å². The van der Waals surface area contributed by atoms with E-state index in [9.17, 15) is 4.39 Å². The Morgan fingerprint density at radius 2 is 1.90 bits per heavy atom. The first-order valence-electron chi connectivity index (χ1n) is 6.96. The van der Waals surface area contributed by atoms with Crippen LogP contribution in [0, 0.1) is 5.82 Å². The Morgan fingerprint density at radius 1 is 1.14 bits per heavy atom. The van der Waals surface area contributed by atoms with Crippen molar-refractivity contribution in [3.63, 3.8) is 0 Å². The molecule has 2 N–H and O–H groups in total. The average Bonchev–Trinajstić information content (AvgIpc) is 2.56. The Balaban J connectivity index is 0.000000774. The van der Waals surface area contributed by atoms with Gasteiger partial charge in [0.05, 0.1) is 19.3 Å². The van der Waals surface area contributed by atoms with E-state index >= 15 is 0 Å². The van der Waals surface area contributed by atoms with E-state index in [1.165, 1.54) is 13.1 Å². The third-order valence-corrected chi connectivity index (χ3v) is 3.40. The number of aryl methyl sites for hydroxylation is 1. The zero-order valence-electron chi connectivity index (χ0n) is 12.4. The highest BCUT2D eigenvalue weighted by atomic mass is 19.1. The van der Waals surface area contributed by atoms with Gasteiger partial charge in [-0.25, -0.2) is 4.39 Å². The molecule has 0 fully saturated rings. The smallest absolute Gasteiger partial charge is 0.134 e. The van der Waals surface area contributed by atoms with Crippen molar-refractivity contribution in [1.29, 1.82) is 0 Å². The minimum absolute atomic E-state index is 0.290. The maximum absolute atomic E-state index is 14.2. The summed E-state index contributed by atoms with van der Waals surface area (Å²) in [6.07, 6.45) is 1.98. The lowest BCUT2D eigenvalue weighted by molar-refractivity contribution is 0.289. The highest BCUT2D eigenvalue weighted by molar-refractivity contribution is 5.77. The lowest BCUT2D eigenvalue weighted by Crippen LogP contribution is -2.09. The van der Waals surface area contributed by atoms with E-state index in [1.807, 2.05) is 18.2 Å². The molecule has 112 valence electrons. The molecule has 4 heteroatoms. The minimum atomic E-state index is -0.290. The molecule has 0 aromatic heterocycles. The number of hydrogen-bond acceptors (Lipinski definition) is 3. The molecule has 0 aliphatic carbocycles. The van der Waals surface area contributed by atoms with Gasteiger partial charge in [0.1, 0.15) is 17.3 Å². The van der Waals surface area contributed by atoms with Crippen LogP contribution in [-0.4, -0.2) is 20.8 Å². The summed E-state index contributed by atoms with van der Waals surface area (Å²) in [5, 5.41) is 0. The summed E-state index contributed by atoms with van der Waals surface area (Å²) in [6.45, 7) is 0.681. The number of ether oxygens (including phenoxy) is 2. The molecule has 0 spiro atoms. The molecule has 21 heavy (non-hydrogen) atoms. The molecule has 0 amide bonds. The normalized spacial score (nSPS) is 12.6. The van der Waals surface area contributed by atoms with Gasteiger partial charge in [-0.3, -0.25) is 0 Å². The second-order valence-electron chi connectivity index (χ2n) is 4.56. The summed E-state index contributed by atoms with van der Waals surface area (Å²) in [6, 6.07) is 10.7. The fraction of sp³-hybridized carbons (Fsp3) is 0.294. The summed E-state index contributed by atoms with van der Waals surface area (Å²) in [7, 11) is 3.05. The maximum atomic E-state index is 14.2. The van der Waals surface area contributed by atoms with Crippen LogP contribution in [0.4, 0.5) is 4.39 Å². The Kier molecular flexibility index (Phi) is 5.17. The molecule has 2 aromatic rings. The highest BCUT2D eigenvalue weighted by Gasteiger charge is 2.20. The third kappa shape index (κ3) is 3.00. The minimum Gasteiger partial charge on any atom is -0.496 e. The molecule has 0 saturated carbocycles. The van der Waals surface area contributed by atoms with Crippen LogP contribution in [0.1, 0.15) is 12.0 Å². The van der Waals surface area contributed by atoms with Crippen molar-refractivity contribution >= 4 is 0 Å². The quantitative estimate of drug-likeness (QED) is 0.921. The fourth-order valence-corrected chi connectivity index (χ4v) is 2.52. The molecule has 1 heterocycles. The number of rotatable bonds is 2. The van der Waals surface area contributed by atoms with Crippen molar-refractivity contribution in [2.24, 2.45) is 5.73 Å². The molecule has 1 aliphatic heterocycles. The summed E-state index contributed by atoms with van der Waals surface area (Å²) < 4.78 is 25.2. The van der Waals surface area contributed by atoms with Gasteiger partial charge in [-0.05, 0) is 37.6 Å². The van der Waals surface area contributed by atoms with E-state index in [1.54, 1.807) is 19.2 Å². The Morgan fingerprint density at radius 3 is 2.67 bits per heavy atom. The van der Waals surface area contributed by atoms with E-state index in [2.05, 4.69) is 5.73 Å². The standard InChI is InChI=1S/C16H15FO2.CH5N/c1-18-14-9-3-8-13(17)15(14)12-7-2-5-11-6-4-10-19-16(11)12;1-2/h2-3,5,7-9H,4,6,10H2,1H3;2H2,1H3. The predicted molar refractivity (Wildman–Crippen MR) is 82.3 cm³/mol. The Hall–Kier alpha value is -2.07. The fourth-order valence-electron chi connectivity index (χ4n) is 2.52. The Bertz CT molecular complexity index is 614. The number of methoxy groups -OCH3 is 1. The average molecular weight is 289 g/mol. The summed E-state index contributed by atoms with van der Waals surface area (Å²) in [4.78, 5) is 0. The first-order chi connectivity index (χ1) is 10.3. The van der Waals surface area contributed by atoms with Crippen LogP contribution in [0.2, 0.25) is 0 Å². The van der Waals surface area contributed by atoms with Crippen LogP contribution >= 0.6 is 0 Å². The van der Waals surface area contributed by atoms with Gasteiger partial charge >= 0.3 is 0 Å². The SMILES string of the molecule is CN.COc1cccc(F)c1-c1cccc2c1OCCC2. The molecular formula is C17H20FNO2. The van der Waals surface area contributed by atoms with Crippen LogP contribution in [-0.2, 0) is 6.42 Å². The summed E-state index contributed by atoms with van der Waals surface area (Å²) in [5.74, 6) is 1.03. The molecule has 0 saturated heterocycles. The number of nitrogens with two attached hydrogens (primary N) is 1. The van der Waals surface area contributed by atoms with Crippen LogP contribution in [0.15, 0.2) is 36.4 Å². The van der Waals surface area contributed by atoms with Crippen molar-refractivity contribution in [3.05, 3.63) is 47.8 Å². The second kappa shape index (κ2) is 7.09. The molecule has 2 aromatic carbocycles.